The maximum atomic E-state index is 11.9. The maximum Gasteiger partial charge on any atom is 0.408 e. The van der Waals surface area contributed by atoms with Crippen LogP contribution in [0.4, 0.5) is 4.79 Å². The van der Waals surface area contributed by atoms with Crippen molar-refractivity contribution in [3.8, 4) is 0 Å². The highest BCUT2D eigenvalue weighted by atomic mass is 16.6. The lowest BCUT2D eigenvalue weighted by molar-refractivity contribution is -0.166. The number of carbonyl (C=O) groups excluding carboxylic acids is 3. The summed E-state index contributed by atoms with van der Waals surface area (Å²) < 4.78 is 14.9. The van der Waals surface area contributed by atoms with Crippen LogP contribution in [0.15, 0.2) is 0 Å². The van der Waals surface area contributed by atoms with Crippen LogP contribution in [0.5, 0.6) is 0 Å². The molecule has 0 saturated heterocycles. The number of alkyl carbamates (subject to hydrolysis) is 1. The Labute approximate surface area is 142 Å². The number of ether oxygens (including phenoxy) is 3. The maximum absolute atomic E-state index is 11.9. The van der Waals surface area contributed by atoms with Gasteiger partial charge in [-0.2, -0.15) is 0 Å². The first-order valence-corrected chi connectivity index (χ1v) is 7.82. The molecule has 140 valence electrons. The van der Waals surface area contributed by atoms with Gasteiger partial charge in [0.2, 0.25) is 0 Å². The zero-order chi connectivity index (χ0) is 19.1. The minimum Gasteiger partial charge on any atom is -0.464 e. The molecule has 0 radical (unpaired) electrons. The average molecular weight is 347 g/mol. The largest absolute Gasteiger partial charge is 0.464 e. The van der Waals surface area contributed by atoms with Gasteiger partial charge < -0.3 is 24.6 Å². The molecule has 2 N–H and O–H groups in total. The fraction of sp³-hybridized carbons (Fsp3) is 0.812. The second kappa shape index (κ2) is 8.86. The zero-order valence-electron chi connectivity index (χ0n) is 15.5. The number of rotatable bonds is 6. The van der Waals surface area contributed by atoms with E-state index >= 15 is 0 Å². The van der Waals surface area contributed by atoms with E-state index in [1.807, 2.05) is 0 Å². The Bertz CT molecular complexity index is 448. The first kappa shape index (κ1) is 22.2. The van der Waals surface area contributed by atoms with E-state index in [2.05, 4.69) is 5.32 Å². The molecule has 0 aromatic carbocycles. The van der Waals surface area contributed by atoms with E-state index in [1.54, 1.807) is 48.5 Å². The molecule has 2 atom stereocenters. The van der Waals surface area contributed by atoms with Crippen LogP contribution in [0, 0.1) is 0 Å². The van der Waals surface area contributed by atoms with Gasteiger partial charge in [-0.25, -0.2) is 14.4 Å². The van der Waals surface area contributed by atoms with Gasteiger partial charge in [0.05, 0.1) is 6.61 Å². The molecule has 8 nitrogen and oxygen atoms in total. The number of nitrogens with one attached hydrogen (secondary N) is 1. The predicted molar refractivity (Wildman–Crippen MR) is 86.3 cm³/mol. The van der Waals surface area contributed by atoms with Crippen LogP contribution in [0.3, 0.4) is 0 Å². The predicted octanol–water partition coefficient (Wildman–Crippen LogP) is 1.54. The minimum atomic E-state index is -1.59. The summed E-state index contributed by atoms with van der Waals surface area (Å²) in [7, 11) is 0. The highest BCUT2D eigenvalue weighted by Gasteiger charge is 2.32. The molecule has 0 bridgehead atoms. The van der Waals surface area contributed by atoms with Crippen molar-refractivity contribution in [3.63, 3.8) is 0 Å². The van der Waals surface area contributed by atoms with Gasteiger partial charge in [-0.05, 0) is 48.5 Å². The van der Waals surface area contributed by atoms with Gasteiger partial charge in [-0.1, -0.05) is 0 Å². The molecule has 0 aromatic heterocycles. The van der Waals surface area contributed by atoms with E-state index in [0.717, 1.165) is 0 Å². The first-order chi connectivity index (χ1) is 10.7. The summed E-state index contributed by atoms with van der Waals surface area (Å²) in [5.41, 5.74) is -1.54. The lowest BCUT2D eigenvalue weighted by Crippen LogP contribution is -2.47. The third-order valence-corrected chi connectivity index (χ3v) is 2.40. The lowest BCUT2D eigenvalue weighted by Gasteiger charge is -2.25. The summed E-state index contributed by atoms with van der Waals surface area (Å²) in [6.07, 6.45) is -2.82. The van der Waals surface area contributed by atoms with Crippen molar-refractivity contribution in [1.82, 2.24) is 5.32 Å². The van der Waals surface area contributed by atoms with E-state index in [0.29, 0.717) is 0 Å². The fourth-order valence-corrected chi connectivity index (χ4v) is 1.60. The van der Waals surface area contributed by atoms with Crippen LogP contribution < -0.4 is 5.32 Å². The monoisotopic (exact) mass is 347 g/mol. The molecule has 0 aliphatic carbocycles. The van der Waals surface area contributed by atoms with E-state index in [9.17, 15) is 19.5 Å². The summed E-state index contributed by atoms with van der Waals surface area (Å²) in [5.74, 6) is -1.66. The van der Waals surface area contributed by atoms with Crippen molar-refractivity contribution in [2.45, 2.75) is 78.2 Å². The molecule has 8 heteroatoms. The fourth-order valence-electron chi connectivity index (χ4n) is 1.60. The van der Waals surface area contributed by atoms with Gasteiger partial charge in [-0.15, -0.1) is 0 Å². The summed E-state index contributed by atoms with van der Waals surface area (Å²) >= 11 is 0. The number of hydrogen-bond donors (Lipinski definition) is 2. The Morgan fingerprint density at radius 3 is 1.88 bits per heavy atom. The van der Waals surface area contributed by atoms with E-state index in [-0.39, 0.29) is 13.0 Å². The third-order valence-electron chi connectivity index (χ3n) is 2.40. The third kappa shape index (κ3) is 10.0. The van der Waals surface area contributed by atoms with Crippen molar-refractivity contribution < 1.29 is 33.7 Å². The molecule has 0 heterocycles. The highest BCUT2D eigenvalue weighted by Crippen LogP contribution is 2.12. The Balaban J connectivity index is 4.93. The lowest BCUT2D eigenvalue weighted by atomic mass is 10.1. The number of amides is 1. The van der Waals surface area contributed by atoms with Gasteiger partial charge in [0, 0.05) is 6.42 Å². The SMILES string of the molecule is CCOC(=O)[C@H](C[C@H](O)C(=O)OC(C)(C)C)NC(=O)OC(C)(C)C. The van der Waals surface area contributed by atoms with Crippen molar-refractivity contribution in [1.29, 1.82) is 0 Å². The standard InChI is InChI=1S/C16H29NO7/c1-8-22-12(19)10(17-14(21)24-16(5,6)7)9-11(18)13(20)23-15(2,3)4/h10-11,18H,8-9H2,1-7H3,(H,17,21)/t10-,11-/m0/s1. The molecule has 0 aliphatic rings. The number of hydrogen-bond acceptors (Lipinski definition) is 7. The summed E-state index contributed by atoms with van der Waals surface area (Å²) in [6.45, 7) is 11.7. The Hall–Kier alpha value is -1.83. The smallest absolute Gasteiger partial charge is 0.408 e. The van der Waals surface area contributed by atoms with E-state index in [1.165, 1.54) is 0 Å². The number of aliphatic hydroxyl groups excluding tert-OH is 1. The van der Waals surface area contributed by atoms with Gasteiger partial charge in [-0.3, -0.25) is 0 Å². The van der Waals surface area contributed by atoms with Crippen molar-refractivity contribution in [2.75, 3.05) is 6.61 Å². The van der Waals surface area contributed by atoms with Gasteiger partial charge >= 0.3 is 18.0 Å². The summed E-state index contributed by atoms with van der Waals surface area (Å²) in [4.78, 5) is 35.6. The Morgan fingerprint density at radius 2 is 1.46 bits per heavy atom. The number of aliphatic hydroxyl groups is 1. The van der Waals surface area contributed by atoms with Crippen LogP contribution in [-0.4, -0.2) is 53.1 Å². The van der Waals surface area contributed by atoms with E-state index in [4.69, 9.17) is 14.2 Å². The molecule has 0 aromatic rings. The molecule has 0 saturated carbocycles. The molecule has 24 heavy (non-hydrogen) atoms. The minimum absolute atomic E-state index is 0.0911. The Kier molecular flexibility index (Phi) is 8.19. The van der Waals surface area contributed by atoms with Crippen LogP contribution in [0.2, 0.25) is 0 Å². The van der Waals surface area contributed by atoms with Gasteiger partial charge in [0.1, 0.15) is 17.2 Å². The topological polar surface area (TPSA) is 111 Å². The summed E-state index contributed by atoms with van der Waals surface area (Å²) in [6, 6.07) is -1.23. The zero-order valence-corrected chi connectivity index (χ0v) is 15.5. The summed E-state index contributed by atoms with van der Waals surface area (Å²) in [5, 5.41) is 12.2. The van der Waals surface area contributed by atoms with E-state index < -0.39 is 41.4 Å². The number of carbonyl (C=O) groups is 3. The second-order valence-corrected chi connectivity index (χ2v) is 7.24. The normalized spacial score (nSPS) is 14.3. The van der Waals surface area contributed by atoms with Gasteiger partial charge in [0.15, 0.2) is 6.10 Å². The molecule has 1 amide bonds. The highest BCUT2D eigenvalue weighted by molar-refractivity contribution is 5.83. The quantitative estimate of drug-likeness (QED) is 0.553. The van der Waals surface area contributed by atoms with Crippen molar-refractivity contribution in [3.05, 3.63) is 0 Å². The Morgan fingerprint density at radius 1 is 0.958 bits per heavy atom. The molecule has 0 aliphatic heterocycles. The van der Waals surface area contributed by atoms with Crippen LogP contribution >= 0.6 is 0 Å². The van der Waals surface area contributed by atoms with Crippen LogP contribution in [0.25, 0.3) is 0 Å². The molecule has 0 spiro atoms. The van der Waals surface area contributed by atoms with Crippen LogP contribution in [-0.2, 0) is 23.8 Å². The molecule has 0 rings (SSSR count). The van der Waals surface area contributed by atoms with Crippen molar-refractivity contribution in [2.24, 2.45) is 0 Å². The molecular weight excluding hydrogens is 318 g/mol. The molecule has 0 unspecified atom stereocenters. The van der Waals surface area contributed by atoms with Crippen LogP contribution in [0.1, 0.15) is 54.9 Å². The van der Waals surface area contributed by atoms with Crippen molar-refractivity contribution >= 4 is 18.0 Å². The average Bonchev–Trinajstić information content (AvgIpc) is 2.33. The first-order valence-electron chi connectivity index (χ1n) is 7.82. The van der Waals surface area contributed by atoms with Gasteiger partial charge in [0.25, 0.3) is 0 Å². The second-order valence-electron chi connectivity index (χ2n) is 7.24. The number of esters is 2. The molecular formula is C16H29NO7. The molecule has 0 fully saturated rings.